The fourth-order valence-electron chi connectivity index (χ4n) is 2.47. The maximum atomic E-state index is 9.74. The second-order valence-corrected chi connectivity index (χ2v) is 6.50. The van der Waals surface area contributed by atoms with E-state index in [9.17, 15) is 5.11 Å². The standard InChI is InChI=1S/C17H22ClN3O/c1-12-20-15(18)9-16(21-12)19-10-14(17(2,3)11-22)13-7-5-4-6-8-13/h4-9,14,22H,10-11H2,1-3H3,(H,19,20,21). The molecule has 0 fully saturated rings. The minimum Gasteiger partial charge on any atom is -0.396 e. The normalized spacial score (nSPS) is 13.0. The molecular weight excluding hydrogens is 298 g/mol. The highest BCUT2D eigenvalue weighted by molar-refractivity contribution is 6.29. The Morgan fingerprint density at radius 3 is 2.50 bits per heavy atom. The highest BCUT2D eigenvalue weighted by Gasteiger charge is 2.30. The highest BCUT2D eigenvalue weighted by Crippen LogP contribution is 2.35. The molecule has 4 nitrogen and oxygen atoms in total. The van der Waals surface area contributed by atoms with Crippen molar-refractivity contribution in [2.45, 2.75) is 26.7 Å². The number of rotatable bonds is 6. The molecule has 0 saturated heterocycles. The van der Waals surface area contributed by atoms with Crippen molar-refractivity contribution in [2.75, 3.05) is 18.5 Å². The average molecular weight is 320 g/mol. The van der Waals surface area contributed by atoms with E-state index >= 15 is 0 Å². The van der Waals surface area contributed by atoms with Gasteiger partial charge in [0.05, 0.1) is 0 Å². The van der Waals surface area contributed by atoms with Gasteiger partial charge in [0, 0.05) is 25.1 Å². The Labute approximate surface area is 136 Å². The minimum absolute atomic E-state index is 0.109. The Kier molecular flexibility index (Phi) is 5.37. The van der Waals surface area contributed by atoms with Crippen LogP contribution in [0.4, 0.5) is 5.82 Å². The summed E-state index contributed by atoms with van der Waals surface area (Å²) in [5.41, 5.74) is 0.936. The molecule has 0 bridgehead atoms. The van der Waals surface area contributed by atoms with Crippen molar-refractivity contribution in [3.8, 4) is 0 Å². The van der Waals surface area contributed by atoms with Gasteiger partial charge in [-0.05, 0) is 17.9 Å². The van der Waals surface area contributed by atoms with Crippen LogP contribution in [0.3, 0.4) is 0 Å². The van der Waals surface area contributed by atoms with E-state index in [1.807, 2.05) is 25.1 Å². The van der Waals surface area contributed by atoms with Crippen molar-refractivity contribution in [1.29, 1.82) is 0 Å². The summed E-state index contributed by atoms with van der Waals surface area (Å²) < 4.78 is 0. The van der Waals surface area contributed by atoms with Crippen LogP contribution in [-0.4, -0.2) is 28.2 Å². The lowest BCUT2D eigenvalue weighted by Gasteiger charge is -2.33. The van der Waals surface area contributed by atoms with Gasteiger partial charge in [0.15, 0.2) is 0 Å². The van der Waals surface area contributed by atoms with Crippen molar-refractivity contribution in [2.24, 2.45) is 5.41 Å². The summed E-state index contributed by atoms with van der Waals surface area (Å²) in [7, 11) is 0. The van der Waals surface area contributed by atoms with Gasteiger partial charge in [0.1, 0.15) is 16.8 Å². The van der Waals surface area contributed by atoms with Crippen LogP contribution in [0.2, 0.25) is 5.15 Å². The molecule has 2 aromatic rings. The summed E-state index contributed by atoms with van der Waals surface area (Å²) in [6.45, 7) is 6.70. The van der Waals surface area contributed by atoms with Gasteiger partial charge in [-0.25, -0.2) is 9.97 Å². The van der Waals surface area contributed by atoms with E-state index in [4.69, 9.17) is 11.6 Å². The number of hydrogen-bond acceptors (Lipinski definition) is 4. The smallest absolute Gasteiger partial charge is 0.134 e. The Bertz CT molecular complexity index is 596. The molecule has 1 unspecified atom stereocenters. The molecule has 2 N–H and O–H groups in total. The molecule has 1 atom stereocenters. The zero-order chi connectivity index (χ0) is 16.2. The fraction of sp³-hybridized carbons (Fsp3) is 0.412. The number of nitrogens with zero attached hydrogens (tertiary/aromatic N) is 2. The third kappa shape index (κ3) is 4.18. The molecule has 2 rings (SSSR count). The molecular formula is C17H22ClN3O. The molecule has 1 aromatic carbocycles. The predicted molar refractivity (Wildman–Crippen MR) is 90.3 cm³/mol. The third-order valence-corrected chi connectivity index (χ3v) is 4.04. The summed E-state index contributed by atoms with van der Waals surface area (Å²) in [6.07, 6.45) is 0. The lowest BCUT2D eigenvalue weighted by molar-refractivity contribution is 0.134. The topological polar surface area (TPSA) is 58.0 Å². The molecule has 0 saturated carbocycles. The number of hydrogen-bond donors (Lipinski definition) is 2. The van der Waals surface area contributed by atoms with Crippen molar-refractivity contribution in [3.05, 3.63) is 52.9 Å². The van der Waals surface area contributed by atoms with Crippen LogP contribution >= 0.6 is 11.6 Å². The summed E-state index contributed by atoms with van der Waals surface area (Å²) in [5.74, 6) is 1.48. The summed E-state index contributed by atoms with van der Waals surface area (Å²) in [4.78, 5) is 8.40. The molecule has 0 aliphatic rings. The second-order valence-electron chi connectivity index (χ2n) is 6.11. The average Bonchev–Trinajstić information content (AvgIpc) is 2.47. The van der Waals surface area contributed by atoms with Gasteiger partial charge in [-0.15, -0.1) is 0 Å². The summed E-state index contributed by atoms with van der Waals surface area (Å²) >= 11 is 5.97. The quantitative estimate of drug-likeness (QED) is 0.798. The number of aliphatic hydroxyl groups excluding tert-OH is 1. The Balaban J connectivity index is 2.20. The van der Waals surface area contributed by atoms with Crippen molar-refractivity contribution in [1.82, 2.24) is 9.97 Å². The minimum atomic E-state index is -0.250. The van der Waals surface area contributed by atoms with Crippen molar-refractivity contribution in [3.63, 3.8) is 0 Å². The zero-order valence-electron chi connectivity index (χ0n) is 13.2. The maximum Gasteiger partial charge on any atom is 0.134 e. The van der Waals surface area contributed by atoms with Gasteiger partial charge in [0.25, 0.3) is 0 Å². The molecule has 22 heavy (non-hydrogen) atoms. The molecule has 0 radical (unpaired) electrons. The van der Waals surface area contributed by atoms with E-state index in [2.05, 4.69) is 41.3 Å². The van der Waals surface area contributed by atoms with Crippen LogP contribution in [0.15, 0.2) is 36.4 Å². The molecule has 0 aliphatic carbocycles. The van der Waals surface area contributed by atoms with Crippen LogP contribution < -0.4 is 5.32 Å². The largest absolute Gasteiger partial charge is 0.396 e. The number of aryl methyl sites for hydroxylation is 1. The predicted octanol–water partition coefficient (Wildman–Crippen LogP) is 3.65. The van der Waals surface area contributed by atoms with Gasteiger partial charge in [-0.1, -0.05) is 55.8 Å². The molecule has 118 valence electrons. The van der Waals surface area contributed by atoms with E-state index in [1.54, 1.807) is 6.07 Å². The lowest BCUT2D eigenvalue weighted by Crippen LogP contribution is -2.31. The van der Waals surface area contributed by atoms with Crippen LogP contribution in [0.1, 0.15) is 31.2 Å². The number of nitrogens with one attached hydrogen (secondary N) is 1. The van der Waals surface area contributed by atoms with Crippen LogP contribution in [0.25, 0.3) is 0 Å². The lowest BCUT2D eigenvalue weighted by atomic mass is 9.75. The molecule has 5 heteroatoms. The Morgan fingerprint density at radius 2 is 1.91 bits per heavy atom. The maximum absolute atomic E-state index is 9.74. The molecule has 1 heterocycles. The summed E-state index contributed by atoms with van der Waals surface area (Å²) in [5, 5.41) is 13.5. The second kappa shape index (κ2) is 7.07. The monoisotopic (exact) mass is 319 g/mol. The van der Waals surface area contributed by atoms with Gasteiger partial charge in [-0.3, -0.25) is 0 Å². The molecule has 0 aliphatic heterocycles. The fourth-order valence-corrected chi connectivity index (χ4v) is 2.69. The van der Waals surface area contributed by atoms with Crippen molar-refractivity contribution < 1.29 is 5.11 Å². The third-order valence-electron chi connectivity index (χ3n) is 3.85. The number of aromatic nitrogens is 2. The number of halogens is 1. The summed E-state index contributed by atoms with van der Waals surface area (Å²) in [6, 6.07) is 11.9. The SMILES string of the molecule is Cc1nc(Cl)cc(NCC(c2ccccc2)C(C)(C)CO)n1. The van der Waals surface area contributed by atoms with Crippen LogP contribution in [0.5, 0.6) is 0 Å². The first kappa shape index (κ1) is 16.7. The highest BCUT2D eigenvalue weighted by atomic mass is 35.5. The van der Waals surface area contributed by atoms with E-state index in [-0.39, 0.29) is 17.9 Å². The van der Waals surface area contributed by atoms with Gasteiger partial charge >= 0.3 is 0 Å². The number of aliphatic hydroxyl groups is 1. The number of benzene rings is 1. The first-order chi connectivity index (χ1) is 10.4. The van der Waals surface area contributed by atoms with E-state index in [0.717, 1.165) is 0 Å². The number of anilines is 1. The zero-order valence-corrected chi connectivity index (χ0v) is 13.9. The van der Waals surface area contributed by atoms with E-state index in [0.29, 0.717) is 23.3 Å². The molecule has 0 amide bonds. The van der Waals surface area contributed by atoms with Gasteiger partial charge < -0.3 is 10.4 Å². The first-order valence-electron chi connectivity index (χ1n) is 7.33. The van der Waals surface area contributed by atoms with Crippen LogP contribution in [-0.2, 0) is 0 Å². The molecule has 0 spiro atoms. The van der Waals surface area contributed by atoms with E-state index in [1.165, 1.54) is 5.56 Å². The van der Waals surface area contributed by atoms with Crippen molar-refractivity contribution >= 4 is 17.4 Å². The molecule has 1 aromatic heterocycles. The van der Waals surface area contributed by atoms with E-state index < -0.39 is 0 Å². The Hall–Kier alpha value is -1.65. The van der Waals surface area contributed by atoms with Crippen LogP contribution in [0, 0.1) is 12.3 Å². The Morgan fingerprint density at radius 1 is 1.23 bits per heavy atom. The van der Waals surface area contributed by atoms with Gasteiger partial charge in [-0.2, -0.15) is 0 Å². The first-order valence-corrected chi connectivity index (χ1v) is 7.71. The van der Waals surface area contributed by atoms with Gasteiger partial charge in [0.2, 0.25) is 0 Å².